The highest BCUT2D eigenvalue weighted by Crippen LogP contribution is 2.14. The van der Waals surface area contributed by atoms with Crippen molar-refractivity contribution in [3.8, 4) is 0 Å². The smallest absolute Gasteiger partial charge is 0.109 e. The Labute approximate surface area is 131 Å². The number of aliphatic imine (C=N–C) groups is 1. The van der Waals surface area contributed by atoms with Crippen molar-refractivity contribution in [3.63, 3.8) is 0 Å². The lowest BCUT2D eigenvalue weighted by atomic mass is 10.0. The van der Waals surface area contributed by atoms with Gasteiger partial charge in [0.15, 0.2) is 0 Å². The van der Waals surface area contributed by atoms with Crippen LogP contribution in [-0.2, 0) is 11.2 Å². The molecule has 2 atom stereocenters. The van der Waals surface area contributed by atoms with E-state index in [1.807, 2.05) is 37.3 Å². The Balaban J connectivity index is 1.86. The van der Waals surface area contributed by atoms with Crippen molar-refractivity contribution in [3.05, 3.63) is 46.6 Å². The number of morpholine rings is 1. The van der Waals surface area contributed by atoms with Gasteiger partial charge in [-0.15, -0.1) is 0 Å². The quantitative estimate of drug-likeness (QED) is 0.838. The van der Waals surface area contributed by atoms with Crippen LogP contribution in [0.4, 0.5) is 0 Å². The molecule has 4 nitrogen and oxygen atoms in total. The Morgan fingerprint density at radius 3 is 2.76 bits per heavy atom. The van der Waals surface area contributed by atoms with Gasteiger partial charge in [0, 0.05) is 36.1 Å². The number of ether oxygens (including phenoxy) is 1. The summed E-state index contributed by atoms with van der Waals surface area (Å²) < 4.78 is 5.86. The first-order chi connectivity index (χ1) is 10.1. The molecular formula is C16H22ClN3O. The second-order valence-electron chi connectivity index (χ2n) is 5.27. The average Bonchev–Trinajstić information content (AvgIpc) is 2.50. The van der Waals surface area contributed by atoms with Gasteiger partial charge in [0.25, 0.3) is 0 Å². The Kier molecular flexibility index (Phi) is 5.79. The van der Waals surface area contributed by atoms with Gasteiger partial charge < -0.3 is 15.8 Å². The number of hydrogen-bond donors (Lipinski definition) is 2. The minimum absolute atomic E-state index is 0.0804. The molecular weight excluding hydrogens is 286 g/mol. The zero-order valence-corrected chi connectivity index (χ0v) is 13.2. The molecule has 0 aliphatic carbocycles. The summed E-state index contributed by atoms with van der Waals surface area (Å²) in [6.45, 7) is 3.29. The van der Waals surface area contributed by atoms with Gasteiger partial charge in [-0.25, -0.2) is 0 Å². The highest BCUT2D eigenvalue weighted by atomic mass is 35.5. The van der Waals surface area contributed by atoms with Crippen LogP contribution in [0.3, 0.4) is 0 Å². The van der Waals surface area contributed by atoms with E-state index < -0.39 is 0 Å². The Morgan fingerprint density at radius 2 is 2.19 bits per heavy atom. The SMILES string of the molecule is CN=C(C)C=C(N)C1CNC(Cc2ccc(Cl)cc2)CO1. The van der Waals surface area contributed by atoms with Crippen molar-refractivity contribution in [2.75, 3.05) is 20.2 Å². The molecule has 1 saturated heterocycles. The van der Waals surface area contributed by atoms with Crippen LogP contribution in [0.15, 0.2) is 41.0 Å². The molecule has 2 unspecified atom stereocenters. The fraction of sp³-hybridized carbons (Fsp3) is 0.438. The van der Waals surface area contributed by atoms with E-state index in [0.29, 0.717) is 12.6 Å². The molecule has 1 fully saturated rings. The summed E-state index contributed by atoms with van der Waals surface area (Å²) in [5.41, 5.74) is 8.91. The number of allylic oxidation sites excluding steroid dienone is 1. The summed E-state index contributed by atoms with van der Waals surface area (Å²) in [5, 5.41) is 4.25. The lowest BCUT2D eigenvalue weighted by molar-refractivity contribution is 0.0247. The molecule has 1 aromatic carbocycles. The molecule has 21 heavy (non-hydrogen) atoms. The lowest BCUT2D eigenvalue weighted by Crippen LogP contribution is -2.49. The maximum Gasteiger partial charge on any atom is 0.109 e. The van der Waals surface area contributed by atoms with E-state index in [1.54, 1.807) is 7.05 Å². The summed E-state index contributed by atoms with van der Waals surface area (Å²) in [4.78, 5) is 4.07. The highest BCUT2D eigenvalue weighted by molar-refractivity contribution is 6.30. The van der Waals surface area contributed by atoms with Crippen LogP contribution >= 0.6 is 11.6 Å². The predicted octanol–water partition coefficient (Wildman–Crippen LogP) is 2.17. The molecule has 1 heterocycles. The van der Waals surface area contributed by atoms with Gasteiger partial charge in [0.05, 0.1) is 6.61 Å². The molecule has 0 radical (unpaired) electrons. The van der Waals surface area contributed by atoms with Crippen LogP contribution in [0.25, 0.3) is 0 Å². The van der Waals surface area contributed by atoms with E-state index in [-0.39, 0.29) is 6.10 Å². The van der Waals surface area contributed by atoms with E-state index in [9.17, 15) is 0 Å². The molecule has 3 N–H and O–H groups in total. The van der Waals surface area contributed by atoms with Gasteiger partial charge >= 0.3 is 0 Å². The van der Waals surface area contributed by atoms with Gasteiger partial charge in [-0.3, -0.25) is 4.99 Å². The third kappa shape index (κ3) is 4.84. The minimum atomic E-state index is -0.0804. The van der Waals surface area contributed by atoms with Crippen molar-refractivity contribution in [1.29, 1.82) is 0 Å². The first kappa shape index (κ1) is 16.0. The van der Waals surface area contributed by atoms with Crippen LogP contribution in [0.2, 0.25) is 5.02 Å². The first-order valence-corrected chi connectivity index (χ1v) is 7.46. The second kappa shape index (κ2) is 7.59. The van der Waals surface area contributed by atoms with Crippen LogP contribution in [-0.4, -0.2) is 38.1 Å². The van der Waals surface area contributed by atoms with Gasteiger partial charge in [-0.05, 0) is 37.1 Å². The standard InChI is InChI=1S/C16H22ClN3O/c1-11(19-2)7-15(18)16-9-20-14(10-21-16)8-12-3-5-13(17)6-4-12/h3-7,14,16,20H,8-10,18H2,1-2H3. The monoisotopic (exact) mass is 307 g/mol. The van der Waals surface area contributed by atoms with Crippen LogP contribution in [0.1, 0.15) is 12.5 Å². The van der Waals surface area contributed by atoms with Crippen molar-refractivity contribution >= 4 is 17.3 Å². The maximum absolute atomic E-state index is 6.04. The summed E-state index contributed by atoms with van der Waals surface area (Å²) >= 11 is 5.89. The number of hydrogen-bond acceptors (Lipinski definition) is 4. The molecule has 5 heteroatoms. The number of rotatable bonds is 4. The van der Waals surface area contributed by atoms with E-state index in [4.69, 9.17) is 22.1 Å². The third-order valence-electron chi connectivity index (χ3n) is 3.59. The van der Waals surface area contributed by atoms with E-state index in [0.717, 1.165) is 29.4 Å². The van der Waals surface area contributed by atoms with Crippen LogP contribution in [0, 0.1) is 0 Å². The molecule has 2 rings (SSSR count). The number of halogens is 1. The summed E-state index contributed by atoms with van der Waals surface area (Å²) in [5.74, 6) is 0. The van der Waals surface area contributed by atoms with Crippen LogP contribution in [0.5, 0.6) is 0 Å². The van der Waals surface area contributed by atoms with Gasteiger partial charge in [0.1, 0.15) is 6.10 Å². The van der Waals surface area contributed by atoms with Gasteiger partial charge in [-0.2, -0.15) is 0 Å². The molecule has 0 spiro atoms. The molecule has 0 aromatic heterocycles. The number of nitrogens with zero attached hydrogens (tertiary/aromatic N) is 1. The fourth-order valence-corrected chi connectivity index (χ4v) is 2.40. The molecule has 0 saturated carbocycles. The summed E-state index contributed by atoms with van der Waals surface area (Å²) in [6, 6.07) is 8.22. The van der Waals surface area contributed by atoms with E-state index >= 15 is 0 Å². The third-order valence-corrected chi connectivity index (χ3v) is 3.84. The van der Waals surface area contributed by atoms with Crippen molar-refractivity contribution < 1.29 is 4.74 Å². The molecule has 1 aliphatic rings. The zero-order valence-electron chi connectivity index (χ0n) is 12.5. The Morgan fingerprint density at radius 1 is 1.48 bits per heavy atom. The van der Waals surface area contributed by atoms with Gasteiger partial charge in [0.2, 0.25) is 0 Å². The van der Waals surface area contributed by atoms with Crippen molar-refractivity contribution in [1.82, 2.24) is 5.32 Å². The fourth-order valence-electron chi connectivity index (χ4n) is 2.27. The topological polar surface area (TPSA) is 59.6 Å². The van der Waals surface area contributed by atoms with E-state index in [2.05, 4.69) is 10.3 Å². The summed E-state index contributed by atoms with van der Waals surface area (Å²) in [6.07, 6.45) is 2.71. The Bertz CT molecular complexity index is 517. The predicted molar refractivity (Wildman–Crippen MR) is 88.0 cm³/mol. The molecule has 1 aliphatic heterocycles. The number of nitrogens with one attached hydrogen (secondary N) is 1. The highest BCUT2D eigenvalue weighted by Gasteiger charge is 2.22. The molecule has 114 valence electrons. The Hall–Kier alpha value is -1.36. The maximum atomic E-state index is 6.04. The second-order valence-corrected chi connectivity index (χ2v) is 5.70. The summed E-state index contributed by atoms with van der Waals surface area (Å²) in [7, 11) is 1.75. The molecule has 1 aromatic rings. The normalized spacial score (nSPS) is 24.1. The first-order valence-electron chi connectivity index (χ1n) is 7.08. The molecule has 0 amide bonds. The largest absolute Gasteiger partial charge is 0.400 e. The number of nitrogens with two attached hydrogens (primary N) is 1. The molecule has 0 bridgehead atoms. The average molecular weight is 308 g/mol. The van der Waals surface area contributed by atoms with Crippen LogP contribution < -0.4 is 11.1 Å². The van der Waals surface area contributed by atoms with Crippen molar-refractivity contribution in [2.24, 2.45) is 10.7 Å². The minimum Gasteiger partial charge on any atom is -0.400 e. The lowest BCUT2D eigenvalue weighted by Gasteiger charge is -2.30. The van der Waals surface area contributed by atoms with Crippen molar-refractivity contribution in [2.45, 2.75) is 25.5 Å². The van der Waals surface area contributed by atoms with E-state index in [1.165, 1.54) is 5.56 Å². The number of benzene rings is 1. The zero-order chi connectivity index (χ0) is 15.2. The van der Waals surface area contributed by atoms with Gasteiger partial charge in [-0.1, -0.05) is 23.7 Å².